The van der Waals surface area contributed by atoms with Crippen molar-refractivity contribution in [3.8, 4) is 23.1 Å². The summed E-state index contributed by atoms with van der Waals surface area (Å²) >= 11 is 0. The first kappa shape index (κ1) is 29.1. The van der Waals surface area contributed by atoms with E-state index in [1.54, 1.807) is 12.3 Å². The second-order valence-corrected chi connectivity index (χ2v) is 12.2. The molecule has 0 aliphatic carbocycles. The molecule has 2 aliphatic heterocycles. The fourth-order valence-electron chi connectivity index (χ4n) is 5.48. The highest BCUT2D eigenvalue weighted by atomic mass is 32.2. The average Bonchev–Trinajstić information content (AvgIpc) is 3.53. The number of fused-ring (bicyclic) bond motifs is 1. The molecule has 2 aliphatic rings. The molecule has 1 unspecified atom stereocenters. The van der Waals surface area contributed by atoms with E-state index in [0.717, 1.165) is 57.3 Å². The van der Waals surface area contributed by atoms with Gasteiger partial charge in [-0.2, -0.15) is 18.8 Å². The van der Waals surface area contributed by atoms with Gasteiger partial charge in [-0.15, -0.1) is 5.10 Å². The topological polar surface area (TPSA) is 150 Å². The number of nitriles is 1. The van der Waals surface area contributed by atoms with Gasteiger partial charge in [0, 0.05) is 30.9 Å². The lowest BCUT2D eigenvalue weighted by molar-refractivity contribution is -0.0735. The number of ether oxygens (including phenoxy) is 2. The molecule has 6 rings (SSSR count). The monoisotopic (exact) mass is 614 g/mol. The predicted molar refractivity (Wildman–Crippen MR) is 146 cm³/mol. The zero-order valence-electron chi connectivity index (χ0n) is 23.4. The van der Waals surface area contributed by atoms with E-state index in [4.69, 9.17) is 13.7 Å². The standard InChI is InChI=1S/C27H28F2N8O5S/c1-16-25(33-34-37(16)20-3-5-35(6-4-20)21-13-40-14-21)17-7-23(27-18(9-30)10-32-36(27)12-17)41-15-24(42-43(2,38)39)26-22(29)8-19(28)11-31-26/h7-8,10-12,20-21,24H,3-6,13-15H2,1-2H3. The molecule has 0 bridgehead atoms. The Hall–Kier alpha value is -4.04. The van der Waals surface area contributed by atoms with E-state index in [2.05, 4.69) is 31.4 Å². The van der Waals surface area contributed by atoms with Crippen LogP contribution in [0.25, 0.3) is 16.8 Å². The van der Waals surface area contributed by atoms with Crippen LogP contribution in [0.2, 0.25) is 0 Å². The van der Waals surface area contributed by atoms with E-state index in [0.29, 0.717) is 28.9 Å². The Morgan fingerprint density at radius 2 is 1.95 bits per heavy atom. The van der Waals surface area contributed by atoms with Crippen molar-refractivity contribution in [1.29, 1.82) is 5.26 Å². The highest BCUT2D eigenvalue weighted by Crippen LogP contribution is 2.34. The van der Waals surface area contributed by atoms with Crippen LogP contribution in [-0.2, 0) is 19.0 Å². The van der Waals surface area contributed by atoms with Crippen molar-refractivity contribution in [3.05, 3.63) is 59.3 Å². The minimum Gasteiger partial charge on any atom is -0.488 e. The van der Waals surface area contributed by atoms with Crippen LogP contribution in [-0.4, -0.2) is 88.1 Å². The van der Waals surface area contributed by atoms with Crippen LogP contribution in [0.4, 0.5) is 8.78 Å². The fraction of sp³-hybridized carbons (Fsp3) is 0.444. The van der Waals surface area contributed by atoms with Crippen molar-refractivity contribution < 1.29 is 30.9 Å². The van der Waals surface area contributed by atoms with Crippen LogP contribution in [0.1, 0.15) is 41.9 Å². The molecule has 16 heteroatoms. The maximum Gasteiger partial charge on any atom is 0.265 e. The van der Waals surface area contributed by atoms with Crippen LogP contribution in [0.5, 0.6) is 5.75 Å². The molecule has 0 spiro atoms. The summed E-state index contributed by atoms with van der Waals surface area (Å²) < 4.78 is 71.7. The summed E-state index contributed by atoms with van der Waals surface area (Å²) in [5.41, 5.74) is 2.02. The van der Waals surface area contributed by atoms with Crippen molar-refractivity contribution in [1.82, 2.24) is 34.5 Å². The lowest BCUT2D eigenvalue weighted by Crippen LogP contribution is -2.52. The van der Waals surface area contributed by atoms with Crippen molar-refractivity contribution in [2.75, 3.05) is 39.2 Å². The van der Waals surface area contributed by atoms with E-state index in [1.807, 2.05) is 11.6 Å². The zero-order chi connectivity index (χ0) is 30.3. The minimum atomic E-state index is -4.10. The lowest BCUT2D eigenvalue weighted by Gasteiger charge is -2.41. The van der Waals surface area contributed by atoms with Crippen LogP contribution in [0.15, 0.2) is 30.7 Å². The summed E-state index contributed by atoms with van der Waals surface area (Å²) in [5.74, 6) is -1.90. The van der Waals surface area contributed by atoms with Gasteiger partial charge in [-0.3, -0.25) is 14.1 Å². The van der Waals surface area contributed by atoms with E-state index in [-0.39, 0.29) is 17.4 Å². The van der Waals surface area contributed by atoms with Gasteiger partial charge >= 0.3 is 0 Å². The van der Waals surface area contributed by atoms with Crippen LogP contribution >= 0.6 is 0 Å². The molecular formula is C27H28F2N8O5S. The number of aromatic nitrogens is 6. The number of hydrogen-bond acceptors (Lipinski definition) is 11. The number of rotatable bonds is 9. The summed E-state index contributed by atoms with van der Waals surface area (Å²) in [6, 6.07) is 4.92. The third-order valence-corrected chi connectivity index (χ3v) is 8.28. The van der Waals surface area contributed by atoms with Crippen LogP contribution in [0.3, 0.4) is 0 Å². The molecule has 0 aromatic carbocycles. The molecule has 4 aromatic heterocycles. The van der Waals surface area contributed by atoms with Gasteiger partial charge in [0.2, 0.25) is 0 Å². The minimum absolute atomic E-state index is 0.140. The van der Waals surface area contributed by atoms with Gasteiger partial charge in [-0.1, -0.05) is 5.21 Å². The van der Waals surface area contributed by atoms with Gasteiger partial charge in [-0.05, 0) is 25.8 Å². The number of pyridine rings is 2. The Bertz CT molecular complexity index is 1810. The second-order valence-electron chi connectivity index (χ2n) is 10.6. The lowest BCUT2D eigenvalue weighted by atomic mass is 10.0. The van der Waals surface area contributed by atoms with Gasteiger partial charge in [-0.25, -0.2) is 18.0 Å². The van der Waals surface area contributed by atoms with Gasteiger partial charge in [0.1, 0.15) is 46.7 Å². The van der Waals surface area contributed by atoms with Crippen LogP contribution in [0, 0.1) is 29.9 Å². The third-order valence-electron chi connectivity index (χ3n) is 7.70. The molecule has 2 saturated heterocycles. The molecule has 4 aromatic rings. The van der Waals surface area contributed by atoms with E-state index >= 15 is 0 Å². The number of halogens is 2. The molecular weight excluding hydrogens is 586 g/mol. The molecule has 0 saturated carbocycles. The maximum atomic E-state index is 14.6. The largest absolute Gasteiger partial charge is 0.488 e. The van der Waals surface area contributed by atoms with Crippen molar-refractivity contribution in [3.63, 3.8) is 0 Å². The third kappa shape index (κ3) is 5.93. The highest BCUT2D eigenvalue weighted by Gasteiger charge is 2.32. The molecule has 0 N–H and O–H groups in total. The first-order valence-corrected chi connectivity index (χ1v) is 15.4. The van der Waals surface area contributed by atoms with E-state index in [9.17, 15) is 22.5 Å². The van der Waals surface area contributed by atoms with Gasteiger partial charge in [0.25, 0.3) is 10.1 Å². The Kier molecular flexibility index (Phi) is 7.81. The molecule has 43 heavy (non-hydrogen) atoms. The molecule has 2 fully saturated rings. The Balaban J connectivity index is 1.30. The molecule has 13 nitrogen and oxygen atoms in total. The zero-order valence-corrected chi connectivity index (χ0v) is 24.2. The van der Waals surface area contributed by atoms with E-state index < -0.39 is 40.2 Å². The smallest absolute Gasteiger partial charge is 0.265 e. The summed E-state index contributed by atoms with van der Waals surface area (Å²) in [4.78, 5) is 6.13. The molecule has 1 atom stereocenters. The highest BCUT2D eigenvalue weighted by molar-refractivity contribution is 7.86. The summed E-state index contributed by atoms with van der Waals surface area (Å²) in [7, 11) is -4.10. The summed E-state index contributed by atoms with van der Waals surface area (Å²) in [5, 5.41) is 22.9. The first-order valence-electron chi connectivity index (χ1n) is 13.6. The average molecular weight is 615 g/mol. The quantitative estimate of drug-likeness (QED) is 0.256. The maximum absolute atomic E-state index is 14.6. The van der Waals surface area contributed by atoms with Crippen LogP contribution < -0.4 is 4.74 Å². The van der Waals surface area contributed by atoms with Gasteiger partial charge in [0.15, 0.2) is 11.9 Å². The Morgan fingerprint density at radius 1 is 1.19 bits per heavy atom. The summed E-state index contributed by atoms with van der Waals surface area (Å²) in [6.07, 6.45) is 4.90. The predicted octanol–water partition coefficient (Wildman–Crippen LogP) is 2.58. The van der Waals surface area contributed by atoms with Crippen molar-refractivity contribution in [2.45, 2.75) is 38.0 Å². The van der Waals surface area contributed by atoms with Crippen molar-refractivity contribution in [2.24, 2.45) is 0 Å². The Labute approximate surface area is 245 Å². The second kappa shape index (κ2) is 11.6. The normalized spacial score (nSPS) is 17.6. The Morgan fingerprint density at radius 3 is 2.60 bits per heavy atom. The number of likely N-dealkylation sites (tertiary alicyclic amines) is 1. The number of nitrogens with zero attached hydrogens (tertiary/aromatic N) is 8. The molecule has 0 amide bonds. The molecule has 226 valence electrons. The first-order chi connectivity index (χ1) is 20.6. The number of piperidine rings is 1. The van der Waals surface area contributed by atoms with Crippen molar-refractivity contribution >= 4 is 15.6 Å². The van der Waals surface area contributed by atoms with Gasteiger partial charge < -0.3 is 9.47 Å². The SMILES string of the molecule is Cc1c(-c2cc(OCC(OS(C)(=O)=O)c3ncc(F)cc3F)c3c(C#N)cnn3c2)nnn1C1CCN(C2COC2)CC1. The molecule has 0 radical (unpaired) electrons. The number of hydrogen-bond donors (Lipinski definition) is 0. The van der Waals surface area contributed by atoms with Gasteiger partial charge in [0.05, 0.1) is 49.6 Å². The van der Waals surface area contributed by atoms with E-state index in [1.165, 1.54) is 10.7 Å². The summed E-state index contributed by atoms with van der Waals surface area (Å²) in [6.45, 7) is 4.84. The fourth-order valence-corrected chi connectivity index (χ4v) is 6.05. The molecule has 6 heterocycles.